The predicted molar refractivity (Wildman–Crippen MR) is 257 cm³/mol. The van der Waals surface area contributed by atoms with Gasteiger partial charge in [-0.05, 0) is 110 Å². The van der Waals surface area contributed by atoms with Crippen molar-refractivity contribution in [3.63, 3.8) is 0 Å². The minimum Gasteiger partial charge on any atom is -0.382 e. The summed E-state index contributed by atoms with van der Waals surface area (Å²) in [6.07, 6.45) is 4.12. The number of hydrogen-bond acceptors (Lipinski definition) is 7. The van der Waals surface area contributed by atoms with Gasteiger partial charge in [0.1, 0.15) is 0 Å². The second kappa shape index (κ2) is 19.1. The fourth-order valence-corrected chi connectivity index (χ4v) is 9.39. The molecule has 0 saturated carbocycles. The van der Waals surface area contributed by atoms with Crippen LogP contribution in [0.5, 0.6) is 0 Å². The Morgan fingerprint density at radius 2 is 0.968 bits per heavy atom. The van der Waals surface area contributed by atoms with Gasteiger partial charge in [0, 0.05) is 100 Å². The minimum absolute atomic E-state index is 0.0213. The summed E-state index contributed by atoms with van der Waals surface area (Å²) in [4.78, 5) is 42.3. The van der Waals surface area contributed by atoms with Gasteiger partial charge in [-0.25, -0.2) is 0 Å². The Hall–Kier alpha value is -6.75. The number of nitrogens with one attached hydrogen (secondary N) is 4. The van der Waals surface area contributed by atoms with E-state index < -0.39 is 0 Å². The van der Waals surface area contributed by atoms with Crippen LogP contribution in [-0.4, -0.2) is 83.3 Å². The second-order valence-corrected chi connectivity index (χ2v) is 16.8. The van der Waals surface area contributed by atoms with Gasteiger partial charge < -0.3 is 25.8 Å². The molecule has 6 aromatic carbocycles. The van der Waals surface area contributed by atoms with Gasteiger partial charge >= 0.3 is 0 Å². The van der Waals surface area contributed by atoms with E-state index in [1.807, 2.05) is 72.8 Å². The average Bonchev–Trinajstić information content (AvgIpc) is 3.78. The van der Waals surface area contributed by atoms with Crippen LogP contribution in [0.3, 0.4) is 0 Å². The molecule has 4 N–H and O–H groups in total. The normalized spacial score (nSPS) is 15.6. The first-order chi connectivity index (χ1) is 30.9. The van der Waals surface area contributed by atoms with Crippen molar-refractivity contribution in [1.29, 1.82) is 0 Å². The molecule has 0 spiro atoms. The highest BCUT2D eigenvalue weighted by molar-refractivity contribution is 6.22. The maximum Gasteiger partial charge on any atom is 0.238 e. The van der Waals surface area contributed by atoms with E-state index in [0.29, 0.717) is 30.7 Å². The fourth-order valence-electron chi connectivity index (χ4n) is 9.39. The molecule has 10 rings (SSSR count). The third-order valence-electron chi connectivity index (χ3n) is 12.6. The Balaban J connectivity index is 0.000000160. The van der Waals surface area contributed by atoms with Crippen LogP contribution in [-0.2, 0) is 16.1 Å². The van der Waals surface area contributed by atoms with Crippen LogP contribution in [0.1, 0.15) is 48.5 Å². The molecule has 1 aliphatic carbocycles. The smallest absolute Gasteiger partial charge is 0.238 e. The number of anilines is 4. The van der Waals surface area contributed by atoms with E-state index in [9.17, 15) is 14.4 Å². The quantitative estimate of drug-likeness (QED) is 0.103. The van der Waals surface area contributed by atoms with Crippen LogP contribution in [0.2, 0.25) is 0 Å². The molecule has 2 amide bonds. The van der Waals surface area contributed by atoms with Gasteiger partial charge in [0.2, 0.25) is 11.8 Å². The topological polar surface area (TPSA) is 111 Å². The van der Waals surface area contributed by atoms with Crippen LogP contribution < -0.4 is 21.3 Å². The number of carbonyl (C=O) groups is 3. The molecule has 2 fully saturated rings. The number of hydrogen-bond donors (Lipinski definition) is 4. The highest BCUT2D eigenvalue weighted by atomic mass is 16.2. The lowest BCUT2D eigenvalue weighted by Crippen LogP contribution is -2.42. The van der Waals surface area contributed by atoms with Crippen LogP contribution in [0, 0.1) is 0 Å². The summed E-state index contributed by atoms with van der Waals surface area (Å²) in [6.45, 7) is 7.55. The van der Waals surface area contributed by atoms with Crippen molar-refractivity contribution in [3.05, 3.63) is 157 Å². The fraction of sp³-hybridized carbons (Fsp3) is 0.264. The zero-order chi connectivity index (χ0) is 43.1. The van der Waals surface area contributed by atoms with E-state index in [4.69, 9.17) is 0 Å². The minimum atomic E-state index is -0.0213. The third-order valence-corrected chi connectivity index (χ3v) is 12.6. The van der Waals surface area contributed by atoms with Crippen molar-refractivity contribution >= 4 is 62.2 Å². The van der Waals surface area contributed by atoms with Crippen LogP contribution in [0.15, 0.2) is 146 Å². The zero-order valence-corrected chi connectivity index (χ0v) is 35.9. The maximum atomic E-state index is 12.7. The van der Waals surface area contributed by atoms with Crippen LogP contribution in [0.25, 0.3) is 32.9 Å². The van der Waals surface area contributed by atoms with Crippen molar-refractivity contribution in [2.45, 2.75) is 51.2 Å². The number of ketones is 1. The van der Waals surface area contributed by atoms with Crippen molar-refractivity contribution in [1.82, 2.24) is 14.4 Å². The second-order valence-electron chi connectivity index (χ2n) is 16.8. The van der Waals surface area contributed by atoms with Gasteiger partial charge in [0.25, 0.3) is 0 Å². The lowest BCUT2D eigenvalue weighted by Gasteiger charge is -2.32. The zero-order valence-electron chi connectivity index (χ0n) is 35.9. The first-order valence-corrected chi connectivity index (χ1v) is 22.3. The summed E-state index contributed by atoms with van der Waals surface area (Å²) in [5.41, 5.74) is 9.62. The lowest BCUT2D eigenvalue weighted by molar-refractivity contribution is -0.118. The van der Waals surface area contributed by atoms with Crippen molar-refractivity contribution in [2.75, 3.05) is 60.5 Å². The van der Waals surface area contributed by atoms with Crippen LogP contribution >= 0.6 is 0 Å². The number of likely N-dealkylation sites (tertiary alicyclic amines) is 2. The van der Waals surface area contributed by atoms with Crippen molar-refractivity contribution < 1.29 is 14.4 Å². The molecular formula is C53H55N7O3. The average molecular weight is 838 g/mol. The summed E-state index contributed by atoms with van der Waals surface area (Å²) in [7, 11) is 0. The molecule has 7 aromatic rings. The standard InChI is InChI=1S/C27H30N4O.C26H25N3O2/c1-2-31-25-11-7-6-10-23(25)24-18-22(12-13-26(24)31)29-27(32)19-30-16-14-21(15-17-30)28-20-8-4-3-5-9-20;30-25(17-29-14-12-19(13-15-29)27-18-6-2-1-3-7-18)28-20-10-11-23-24(16-20)21-8-4-5-9-22(21)26(23)31/h3-13,18,21,28H,2,14-17,19H2,1H3,(H,29,32);1-11,16,19,27H,12-15,17H2,(H,28,30). The molecule has 0 unspecified atom stereocenters. The first-order valence-electron chi connectivity index (χ1n) is 22.3. The Kier molecular flexibility index (Phi) is 12.6. The van der Waals surface area contributed by atoms with Crippen LogP contribution in [0.4, 0.5) is 22.7 Å². The van der Waals surface area contributed by atoms with E-state index in [-0.39, 0.29) is 17.6 Å². The maximum absolute atomic E-state index is 12.7. The summed E-state index contributed by atoms with van der Waals surface area (Å²) in [6, 6.07) is 49.4. The summed E-state index contributed by atoms with van der Waals surface area (Å²) in [5.74, 6) is 0.0838. The van der Waals surface area contributed by atoms with E-state index in [1.165, 1.54) is 27.5 Å². The molecule has 2 aliphatic heterocycles. The number of aromatic nitrogens is 1. The molecule has 3 aliphatic rings. The van der Waals surface area contributed by atoms with Gasteiger partial charge in [-0.3, -0.25) is 24.2 Å². The molecule has 10 heteroatoms. The van der Waals surface area contributed by atoms with Crippen molar-refractivity contribution in [3.8, 4) is 11.1 Å². The Bertz CT molecular complexity index is 2720. The number of amides is 2. The van der Waals surface area contributed by atoms with E-state index in [0.717, 1.165) is 92.2 Å². The van der Waals surface area contributed by atoms with Gasteiger partial charge in [0.05, 0.1) is 13.1 Å². The monoisotopic (exact) mass is 837 g/mol. The SMILES string of the molecule is CCn1c2ccccc2c2cc(NC(=O)CN3CCC(Nc4ccccc4)CC3)ccc21.O=C(CN1CCC(Nc2ccccc2)CC1)Nc1ccc2c(c1)-c1ccccc1C2=O. The summed E-state index contributed by atoms with van der Waals surface area (Å²) >= 11 is 0. The molecule has 0 bridgehead atoms. The first kappa shape index (κ1) is 41.6. The van der Waals surface area contributed by atoms with Gasteiger partial charge in [0.15, 0.2) is 5.78 Å². The molecule has 0 radical (unpaired) electrons. The molecule has 2 saturated heterocycles. The molecule has 320 valence electrons. The van der Waals surface area contributed by atoms with E-state index in [2.05, 4.69) is 115 Å². The van der Waals surface area contributed by atoms with E-state index >= 15 is 0 Å². The number of carbonyl (C=O) groups excluding carboxylic acids is 3. The third kappa shape index (κ3) is 9.68. The van der Waals surface area contributed by atoms with Gasteiger partial charge in [-0.2, -0.15) is 0 Å². The van der Waals surface area contributed by atoms with E-state index in [1.54, 1.807) is 0 Å². The number of para-hydroxylation sites is 3. The Morgan fingerprint density at radius 1 is 0.492 bits per heavy atom. The molecule has 3 heterocycles. The summed E-state index contributed by atoms with van der Waals surface area (Å²) < 4.78 is 2.32. The number of aryl methyl sites for hydroxylation is 1. The summed E-state index contributed by atoms with van der Waals surface area (Å²) in [5, 5.41) is 15.7. The number of rotatable bonds is 11. The highest BCUT2D eigenvalue weighted by Crippen LogP contribution is 2.38. The number of nitrogens with zero attached hydrogens (tertiary/aromatic N) is 3. The molecule has 10 nitrogen and oxygen atoms in total. The predicted octanol–water partition coefficient (Wildman–Crippen LogP) is 9.74. The molecule has 0 atom stereocenters. The molecule has 63 heavy (non-hydrogen) atoms. The Morgan fingerprint density at radius 3 is 1.56 bits per heavy atom. The highest BCUT2D eigenvalue weighted by Gasteiger charge is 2.27. The molecular weight excluding hydrogens is 783 g/mol. The number of benzene rings is 6. The van der Waals surface area contributed by atoms with Gasteiger partial charge in [-0.1, -0.05) is 78.9 Å². The Labute approximate surface area is 369 Å². The van der Waals surface area contributed by atoms with Crippen molar-refractivity contribution in [2.24, 2.45) is 0 Å². The largest absolute Gasteiger partial charge is 0.382 e. The number of fused-ring (bicyclic) bond motifs is 6. The lowest BCUT2D eigenvalue weighted by atomic mass is 10.0. The number of piperidine rings is 2. The molecule has 1 aromatic heterocycles. The van der Waals surface area contributed by atoms with Gasteiger partial charge in [-0.15, -0.1) is 0 Å².